The molecule has 2 heterocycles. The van der Waals surface area contributed by atoms with E-state index in [4.69, 9.17) is 28.4 Å². The van der Waals surface area contributed by atoms with Crippen LogP contribution in [0.3, 0.4) is 0 Å². The van der Waals surface area contributed by atoms with E-state index in [2.05, 4.69) is 31.9 Å². The van der Waals surface area contributed by atoms with Gasteiger partial charge in [0.25, 0.3) is 11.8 Å². The summed E-state index contributed by atoms with van der Waals surface area (Å²) in [6.07, 6.45) is -1.70. The van der Waals surface area contributed by atoms with Gasteiger partial charge in [-0.05, 0) is 162 Å². The van der Waals surface area contributed by atoms with Gasteiger partial charge in [0.1, 0.15) is 33.0 Å². The van der Waals surface area contributed by atoms with E-state index in [0.717, 1.165) is 22.7 Å². The maximum absolute atomic E-state index is 14.9. The van der Waals surface area contributed by atoms with Gasteiger partial charge in [-0.2, -0.15) is 0 Å². The summed E-state index contributed by atoms with van der Waals surface area (Å²) >= 11 is 2.17. The molecule has 4 aromatic carbocycles. The highest BCUT2D eigenvalue weighted by Crippen LogP contribution is 2.64. The fourth-order valence-electron chi connectivity index (χ4n) is 9.41. The van der Waals surface area contributed by atoms with Crippen LogP contribution in [0.15, 0.2) is 120 Å². The van der Waals surface area contributed by atoms with Crippen LogP contribution in [0.4, 0.5) is 21.0 Å². The molecule has 1 aliphatic rings. The molecule has 6 aromatic rings. The van der Waals surface area contributed by atoms with E-state index in [-0.39, 0.29) is 66.4 Å². The number of benzene rings is 4. The number of carboxylic acid groups (broad SMARTS) is 2. The van der Waals surface area contributed by atoms with Gasteiger partial charge in [0.05, 0.1) is 26.1 Å². The number of carbonyl (C=O) groups excluding carboxylic acids is 8. The van der Waals surface area contributed by atoms with E-state index >= 15 is 0 Å². The number of thiophene rings is 2. The molecule has 1 saturated carbocycles. The molecule has 26 heteroatoms. The van der Waals surface area contributed by atoms with E-state index in [0.29, 0.717) is 0 Å². The highest BCUT2D eigenvalue weighted by Gasteiger charge is 2.80. The second-order valence-electron chi connectivity index (χ2n) is 21.5. The largest absolute Gasteiger partial charge is 0.493 e. The van der Waals surface area contributed by atoms with Crippen molar-refractivity contribution >= 4 is 93.7 Å². The Morgan fingerprint density at radius 1 is 0.500 bits per heavy atom. The lowest BCUT2D eigenvalue weighted by Gasteiger charge is -2.64. The molecule has 1 aliphatic carbocycles. The highest BCUT2D eigenvalue weighted by atomic mass is 32.1. The summed E-state index contributed by atoms with van der Waals surface area (Å²) in [4.78, 5) is 137. The van der Waals surface area contributed by atoms with Crippen LogP contribution in [-0.4, -0.2) is 118 Å². The van der Waals surface area contributed by atoms with Gasteiger partial charge in [-0.1, -0.05) is 24.3 Å². The molecule has 86 heavy (non-hydrogen) atoms. The molecular weight excluding hydrogens is 1160 g/mol. The molecule has 8 N–H and O–H groups in total. The van der Waals surface area contributed by atoms with Crippen LogP contribution in [0.5, 0.6) is 23.0 Å². The van der Waals surface area contributed by atoms with Gasteiger partial charge in [-0.15, -0.1) is 22.7 Å². The lowest BCUT2D eigenvalue weighted by atomic mass is 9.43. The Labute approximate surface area is 500 Å². The lowest BCUT2D eigenvalue weighted by Crippen LogP contribution is -2.86. The van der Waals surface area contributed by atoms with Crippen LogP contribution in [-0.2, 0) is 28.7 Å². The zero-order valence-corrected chi connectivity index (χ0v) is 49.7. The third-order valence-corrected chi connectivity index (χ3v) is 14.8. The fraction of sp³-hybridized carbons (Fsp3) is 0.300. The first-order valence-corrected chi connectivity index (χ1v) is 28.1. The topological polar surface area (TPSA) is 339 Å². The molecule has 2 atom stereocenters. The summed E-state index contributed by atoms with van der Waals surface area (Å²) in [5, 5.41) is 42.4. The van der Waals surface area contributed by atoms with Crippen molar-refractivity contribution in [2.75, 3.05) is 24.9 Å². The van der Waals surface area contributed by atoms with Crippen LogP contribution >= 0.6 is 22.7 Å². The molecule has 6 amide bonds. The molecule has 1 fully saturated rings. The Morgan fingerprint density at radius 3 is 1.14 bits per heavy atom. The van der Waals surface area contributed by atoms with Gasteiger partial charge in [0, 0.05) is 22.5 Å². The van der Waals surface area contributed by atoms with Crippen molar-refractivity contribution in [2.45, 2.75) is 102 Å². The molecule has 24 nitrogen and oxygen atoms in total. The highest BCUT2D eigenvalue weighted by molar-refractivity contribution is 7.12. The maximum atomic E-state index is 14.9. The van der Waals surface area contributed by atoms with E-state index in [1.54, 1.807) is 64.4 Å². The molecule has 0 aliphatic heterocycles. The lowest BCUT2D eigenvalue weighted by molar-refractivity contribution is -0.171. The van der Waals surface area contributed by atoms with Gasteiger partial charge in [-0.3, -0.25) is 19.2 Å². The van der Waals surface area contributed by atoms with Crippen LogP contribution in [0.1, 0.15) is 118 Å². The van der Waals surface area contributed by atoms with E-state index in [9.17, 15) is 58.2 Å². The minimum Gasteiger partial charge on any atom is -0.493 e. The minimum atomic E-state index is -2.82. The number of aliphatic carboxylic acids is 2. The summed E-state index contributed by atoms with van der Waals surface area (Å²) < 4.78 is 33.2. The number of carboxylic acids is 2. The van der Waals surface area contributed by atoms with Gasteiger partial charge in [0.15, 0.2) is 34.1 Å². The van der Waals surface area contributed by atoms with Gasteiger partial charge >= 0.3 is 36.1 Å². The van der Waals surface area contributed by atoms with Crippen molar-refractivity contribution in [3.8, 4) is 23.0 Å². The predicted molar refractivity (Wildman–Crippen MR) is 313 cm³/mol. The van der Waals surface area contributed by atoms with E-state index in [1.807, 2.05) is 0 Å². The van der Waals surface area contributed by atoms with Crippen molar-refractivity contribution in [1.82, 2.24) is 21.3 Å². The Hall–Kier alpha value is -9.82. The van der Waals surface area contributed by atoms with E-state index in [1.165, 1.54) is 125 Å². The van der Waals surface area contributed by atoms with Gasteiger partial charge in [-0.25, -0.2) is 28.8 Å². The van der Waals surface area contributed by atoms with Crippen molar-refractivity contribution in [2.24, 2.45) is 0 Å². The number of rotatable bonds is 20. The van der Waals surface area contributed by atoms with Crippen molar-refractivity contribution < 1.29 is 86.6 Å². The maximum Gasteiger partial charge on any atom is 0.408 e. The zero-order chi connectivity index (χ0) is 63.1. The number of ether oxygens (including phenoxy) is 6. The third-order valence-electron chi connectivity index (χ3n) is 13.1. The zero-order valence-electron chi connectivity index (χ0n) is 48.1. The number of hydrogen-bond donors (Lipinski definition) is 8. The number of hydrogen-bond acceptors (Lipinski definition) is 18. The molecule has 7 rings (SSSR count). The molecular formula is C60H62N6O18S2. The van der Waals surface area contributed by atoms with Crippen molar-refractivity contribution in [3.63, 3.8) is 0 Å². The Morgan fingerprint density at radius 2 is 0.849 bits per heavy atom. The monoisotopic (exact) mass is 1220 g/mol. The van der Waals surface area contributed by atoms with Gasteiger partial charge < -0.3 is 70.5 Å². The number of amides is 6. The Bertz CT molecular complexity index is 3320. The van der Waals surface area contributed by atoms with Crippen LogP contribution in [0.25, 0.3) is 0 Å². The average Bonchev–Trinajstić information content (AvgIpc) is 0.849. The summed E-state index contributed by atoms with van der Waals surface area (Å²) in [6, 6.07) is 21.7. The first-order chi connectivity index (χ1) is 40.5. The van der Waals surface area contributed by atoms with E-state index < -0.39 is 106 Å². The van der Waals surface area contributed by atoms with Crippen molar-refractivity contribution in [3.05, 3.63) is 152 Å². The number of anilines is 2. The quantitative estimate of drug-likeness (QED) is 0.0263. The second-order valence-corrected chi connectivity index (χ2v) is 23.4. The molecule has 0 radical (unpaired) electrons. The first-order valence-electron chi connectivity index (χ1n) is 26.3. The van der Waals surface area contributed by atoms with Crippen LogP contribution in [0, 0.1) is 0 Å². The standard InChI is InChI=1S/C60H62N6O18S2/c1-31(61-55(77)83-57(3,4)5)47(67)63-37-21-15-33(16-22-37)49(69)65-59(53(73)74)45(35-19-25-39(41(29-35)79-9)81-51(71)43-13-11-27-85-43)60(54(75)76,46(59)36-20-26-40(42(30-36)80-10)82-52(72)44-14-12-28-86-44)66-50(70)34-17-23-38(24-18-34)64-48(68)32(2)62-56(78)84-58(6,7)8/h11-32,45-46H,1-10H3,(H,61,77)(H,62,78)(H,63,67)(H,64,68)(H,65,69)(H,66,70)(H,73,74)(H,75,76). The summed E-state index contributed by atoms with van der Waals surface area (Å²) in [6.45, 7) is 12.7. The number of nitrogens with one attached hydrogen (secondary N) is 6. The smallest absolute Gasteiger partial charge is 0.408 e. The number of methoxy groups -OCH3 is 2. The predicted octanol–water partition coefficient (Wildman–Crippen LogP) is 8.36. The molecule has 2 unspecified atom stereocenters. The van der Waals surface area contributed by atoms with Gasteiger partial charge in [0.2, 0.25) is 11.8 Å². The fourth-order valence-corrected chi connectivity index (χ4v) is 10.6. The number of carbonyl (C=O) groups is 10. The molecule has 2 aromatic heterocycles. The molecule has 0 saturated heterocycles. The normalized spacial score (nSPS) is 17.7. The number of alkyl carbamates (subject to hydrolysis) is 2. The average molecular weight is 1220 g/mol. The first kappa shape index (κ1) is 63.8. The molecule has 0 spiro atoms. The number of esters is 2. The van der Waals surface area contributed by atoms with Crippen LogP contribution < -0.4 is 50.8 Å². The molecule has 452 valence electrons. The Balaban J connectivity index is 1.34. The summed E-state index contributed by atoms with van der Waals surface area (Å²) in [7, 11) is 2.41. The summed E-state index contributed by atoms with van der Waals surface area (Å²) in [5.74, 6) is -13.6. The molecule has 0 bridgehead atoms. The van der Waals surface area contributed by atoms with Crippen LogP contribution in [0.2, 0.25) is 0 Å². The SMILES string of the molecule is COc1cc(C2C(NC(=O)c3ccc(NC(=O)C(C)NC(=O)OC(C)(C)C)cc3)(C(=O)O)C(c3ccc(OC(=O)c4cccs4)c(OC)c3)C2(NC(=O)c2ccc(NC(=O)C(C)NC(=O)OC(C)(C)C)cc2)C(=O)O)ccc1OC(=O)c1cccs1. The third kappa shape index (κ3) is 14.4. The van der Waals surface area contributed by atoms with Crippen molar-refractivity contribution in [1.29, 1.82) is 0 Å². The summed E-state index contributed by atoms with van der Waals surface area (Å²) in [5.41, 5.74) is -7.85. The minimum absolute atomic E-state index is 0.142. The Kier molecular flexibility index (Phi) is 19.3. The second kappa shape index (κ2) is 26.0.